The Balaban J connectivity index is 2.16. The molecule has 3 unspecified atom stereocenters. The molecule has 0 aromatic rings. The molecule has 86 valence electrons. The van der Waals surface area contributed by atoms with E-state index in [2.05, 4.69) is 16.9 Å². The molecule has 3 atom stereocenters. The van der Waals surface area contributed by atoms with Crippen molar-refractivity contribution in [2.45, 2.75) is 50.6 Å². The first-order valence-corrected chi connectivity index (χ1v) is 6.18. The van der Waals surface area contributed by atoms with Crippen LogP contribution in [0, 0.1) is 5.92 Å². The Morgan fingerprint density at radius 3 is 2.73 bits per heavy atom. The number of likely N-dealkylation sites (tertiary alicyclic amines) is 1. The number of nitrogens with zero attached hydrogens (tertiary/aromatic N) is 2. The maximum absolute atomic E-state index is 6.27. The average molecular weight is 209 g/mol. The second kappa shape index (κ2) is 4.52. The third kappa shape index (κ3) is 2.03. The van der Waals surface area contributed by atoms with Gasteiger partial charge in [0, 0.05) is 32.6 Å². The number of hydrogen-bond donors (Lipinski definition) is 1. The van der Waals surface area contributed by atoms with Crippen LogP contribution in [-0.2, 0) is 0 Å². The zero-order valence-corrected chi connectivity index (χ0v) is 9.95. The van der Waals surface area contributed by atoms with E-state index in [1.54, 1.807) is 0 Å². The third-order valence-corrected chi connectivity index (χ3v) is 4.20. The smallest absolute Gasteiger partial charge is 0.0985 e. The van der Waals surface area contributed by atoms with Crippen molar-refractivity contribution < 1.29 is 0 Å². The van der Waals surface area contributed by atoms with Gasteiger partial charge in [0.25, 0.3) is 0 Å². The molecule has 0 aromatic carbocycles. The van der Waals surface area contributed by atoms with E-state index in [4.69, 9.17) is 5.73 Å². The average Bonchev–Trinajstić information content (AvgIpc) is 2.42. The van der Waals surface area contributed by atoms with Gasteiger partial charge < -0.3 is 10.6 Å². The van der Waals surface area contributed by atoms with Crippen molar-refractivity contribution in [1.29, 1.82) is 0 Å². The zero-order valence-electron chi connectivity index (χ0n) is 9.95. The molecule has 1 saturated carbocycles. The van der Waals surface area contributed by atoms with Crippen LogP contribution in [0.1, 0.15) is 38.5 Å². The molecule has 1 aliphatic heterocycles. The van der Waals surface area contributed by atoms with E-state index >= 15 is 0 Å². The van der Waals surface area contributed by atoms with Crippen molar-refractivity contribution >= 4 is 5.84 Å². The first-order chi connectivity index (χ1) is 7.24. The molecular formula is C12H23N3. The van der Waals surface area contributed by atoms with E-state index in [1.807, 2.05) is 7.05 Å². The molecule has 2 fully saturated rings. The van der Waals surface area contributed by atoms with Gasteiger partial charge in [-0.25, -0.2) is 0 Å². The summed E-state index contributed by atoms with van der Waals surface area (Å²) < 4.78 is 0. The van der Waals surface area contributed by atoms with Gasteiger partial charge in [-0.15, -0.1) is 0 Å². The monoisotopic (exact) mass is 209 g/mol. The number of fused-ring (bicyclic) bond motifs is 1. The topological polar surface area (TPSA) is 41.6 Å². The number of rotatable bonds is 0. The lowest BCUT2D eigenvalue weighted by atomic mass is 9.82. The van der Waals surface area contributed by atoms with E-state index in [0.717, 1.165) is 6.42 Å². The minimum Gasteiger partial charge on any atom is -0.360 e. The number of amidine groups is 1. The van der Waals surface area contributed by atoms with Crippen molar-refractivity contribution in [1.82, 2.24) is 4.90 Å². The maximum atomic E-state index is 6.27. The quantitative estimate of drug-likeness (QED) is 0.659. The highest BCUT2D eigenvalue weighted by Crippen LogP contribution is 2.33. The Labute approximate surface area is 92.7 Å². The lowest BCUT2D eigenvalue weighted by Crippen LogP contribution is -2.51. The highest BCUT2D eigenvalue weighted by molar-refractivity contribution is 5.83. The first kappa shape index (κ1) is 10.9. The van der Waals surface area contributed by atoms with Crippen molar-refractivity contribution in [2.75, 3.05) is 14.1 Å². The molecule has 1 heterocycles. The molecule has 0 spiro atoms. The van der Waals surface area contributed by atoms with Crippen molar-refractivity contribution in [3.63, 3.8) is 0 Å². The standard InChI is InChI=1S/C12H23N3/c1-14-12-8-7-9-10(13)5-3-4-6-11(9)15(12)2/h9-11H,3-8,13H2,1-2H3/b14-12-. The summed E-state index contributed by atoms with van der Waals surface area (Å²) in [5, 5.41) is 0. The summed E-state index contributed by atoms with van der Waals surface area (Å²) in [4.78, 5) is 6.77. The molecule has 2 aliphatic rings. The number of nitrogens with two attached hydrogens (primary N) is 1. The van der Waals surface area contributed by atoms with E-state index in [1.165, 1.54) is 37.9 Å². The predicted molar refractivity (Wildman–Crippen MR) is 64.1 cm³/mol. The van der Waals surface area contributed by atoms with Crippen LogP contribution in [0.5, 0.6) is 0 Å². The zero-order chi connectivity index (χ0) is 10.8. The van der Waals surface area contributed by atoms with Crippen LogP contribution in [0.25, 0.3) is 0 Å². The maximum Gasteiger partial charge on any atom is 0.0985 e. The Kier molecular flexibility index (Phi) is 3.29. The second-order valence-corrected chi connectivity index (χ2v) is 4.97. The van der Waals surface area contributed by atoms with Crippen molar-refractivity contribution in [2.24, 2.45) is 16.6 Å². The van der Waals surface area contributed by atoms with Gasteiger partial charge in [0.05, 0.1) is 5.84 Å². The van der Waals surface area contributed by atoms with Gasteiger partial charge in [-0.05, 0) is 25.2 Å². The summed E-state index contributed by atoms with van der Waals surface area (Å²) in [5.74, 6) is 1.97. The molecule has 0 aromatic heterocycles. The Morgan fingerprint density at radius 1 is 1.27 bits per heavy atom. The molecule has 2 N–H and O–H groups in total. The highest BCUT2D eigenvalue weighted by Gasteiger charge is 2.36. The molecule has 3 nitrogen and oxygen atoms in total. The second-order valence-electron chi connectivity index (χ2n) is 4.97. The first-order valence-electron chi connectivity index (χ1n) is 6.18. The van der Waals surface area contributed by atoms with Crippen LogP contribution in [-0.4, -0.2) is 36.9 Å². The SMILES string of the molecule is C/N=C1/CCC2C(N)CCCCC2N1C. The summed E-state index contributed by atoms with van der Waals surface area (Å²) in [6.07, 6.45) is 7.50. The summed E-state index contributed by atoms with van der Waals surface area (Å²) in [6.45, 7) is 0. The van der Waals surface area contributed by atoms with Gasteiger partial charge in [-0.1, -0.05) is 12.8 Å². The molecule has 1 aliphatic carbocycles. The van der Waals surface area contributed by atoms with Crippen LogP contribution in [0.3, 0.4) is 0 Å². The number of aliphatic imine (C=N–C) groups is 1. The fraction of sp³-hybridized carbons (Fsp3) is 0.917. The molecule has 3 heteroatoms. The molecule has 0 radical (unpaired) electrons. The van der Waals surface area contributed by atoms with Crippen LogP contribution in [0.2, 0.25) is 0 Å². The molecule has 0 amide bonds. The summed E-state index contributed by atoms with van der Waals surface area (Å²) in [6, 6.07) is 1.06. The van der Waals surface area contributed by atoms with Crippen molar-refractivity contribution in [3.05, 3.63) is 0 Å². The van der Waals surface area contributed by atoms with Crippen LogP contribution in [0.15, 0.2) is 4.99 Å². The lowest BCUT2D eigenvalue weighted by Gasteiger charge is -2.42. The van der Waals surface area contributed by atoms with Gasteiger partial charge in [-0.3, -0.25) is 4.99 Å². The predicted octanol–water partition coefficient (Wildman–Crippen LogP) is 1.63. The Hall–Kier alpha value is -0.570. The minimum absolute atomic E-state index is 0.415. The normalized spacial score (nSPS) is 40.1. The molecule has 15 heavy (non-hydrogen) atoms. The van der Waals surface area contributed by atoms with Gasteiger partial charge in [0.1, 0.15) is 0 Å². The third-order valence-electron chi connectivity index (χ3n) is 4.20. The van der Waals surface area contributed by atoms with Crippen LogP contribution in [0.4, 0.5) is 0 Å². The van der Waals surface area contributed by atoms with Gasteiger partial charge in [0.2, 0.25) is 0 Å². The lowest BCUT2D eigenvalue weighted by molar-refractivity contribution is 0.188. The minimum atomic E-state index is 0.415. The number of hydrogen-bond acceptors (Lipinski definition) is 2. The Morgan fingerprint density at radius 2 is 2.00 bits per heavy atom. The van der Waals surface area contributed by atoms with Crippen LogP contribution >= 0.6 is 0 Å². The summed E-state index contributed by atoms with van der Waals surface area (Å²) >= 11 is 0. The largest absolute Gasteiger partial charge is 0.360 e. The van der Waals surface area contributed by atoms with Crippen molar-refractivity contribution in [3.8, 4) is 0 Å². The van der Waals surface area contributed by atoms with Crippen LogP contribution < -0.4 is 5.73 Å². The molecule has 2 rings (SSSR count). The van der Waals surface area contributed by atoms with E-state index in [9.17, 15) is 0 Å². The van der Waals surface area contributed by atoms with Gasteiger partial charge in [-0.2, -0.15) is 0 Å². The van der Waals surface area contributed by atoms with E-state index < -0.39 is 0 Å². The fourth-order valence-electron chi connectivity index (χ4n) is 3.27. The summed E-state index contributed by atoms with van der Waals surface area (Å²) in [7, 11) is 4.10. The van der Waals surface area contributed by atoms with E-state index in [0.29, 0.717) is 18.0 Å². The Bertz CT molecular complexity index is 249. The van der Waals surface area contributed by atoms with E-state index in [-0.39, 0.29) is 0 Å². The molecule has 1 saturated heterocycles. The summed E-state index contributed by atoms with van der Waals surface area (Å²) in [5.41, 5.74) is 6.27. The van der Waals surface area contributed by atoms with Gasteiger partial charge >= 0.3 is 0 Å². The fourth-order valence-corrected chi connectivity index (χ4v) is 3.27. The molecular weight excluding hydrogens is 186 g/mol. The molecule has 0 bridgehead atoms. The number of piperidine rings is 1. The highest BCUT2D eigenvalue weighted by atomic mass is 15.2. The van der Waals surface area contributed by atoms with Gasteiger partial charge in [0.15, 0.2) is 0 Å².